The summed E-state index contributed by atoms with van der Waals surface area (Å²) in [5, 5.41) is 17.6. The van der Waals surface area contributed by atoms with E-state index in [0.717, 1.165) is 6.33 Å². The van der Waals surface area contributed by atoms with E-state index in [1.54, 1.807) is 18.2 Å². The van der Waals surface area contributed by atoms with E-state index in [-0.39, 0.29) is 28.5 Å². The van der Waals surface area contributed by atoms with Gasteiger partial charge in [-0.05, 0) is 30.3 Å². The third-order valence-electron chi connectivity index (χ3n) is 4.70. The Balaban J connectivity index is 2.07. The van der Waals surface area contributed by atoms with Gasteiger partial charge in [0.25, 0.3) is 0 Å². The second kappa shape index (κ2) is 10.8. The third kappa shape index (κ3) is 5.52. The minimum absolute atomic E-state index is 0.0223. The van der Waals surface area contributed by atoms with Gasteiger partial charge in [-0.1, -0.05) is 0 Å². The lowest BCUT2D eigenvalue weighted by molar-refractivity contribution is -0.383. The maximum absolute atomic E-state index is 12.1. The molecule has 0 fully saturated rings. The van der Waals surface area contributed by atoms with Gasteiger partial charge < -0.3 is 29.6 Å². The number of ether oxygens (including phenoxy) is 4. The molecule has 1 heterocycles. The average Bonchev–Trinajstić information content (AvgIpc) is 2.87. The molecule has 0 aliphatic rings. The first-order valence-corrected chi connectivity index (χ1v) is 9.88. The van der Waals surface area contributed by atoms with Gasteiger partial charge >= 0.3 is 17.6 Å². The molecule has 13 heteroatoms. The molecule has 0 spiro atoms. The molecule has 2 aromatic carbocycles. The van der Waals surface area contributed by atoms with Crippen molar-refractivity contribution in [1.82, 2.24) is 9.97 Å². The Hall–Kier alpha value is -4.94. The van der Waals surface area contributed by atoms with Gasteiger partial charge in [0.05, 0.1) is 50.2 Å². The Labute approximate surface area is 199 Å². The van der Waals surface area contributed by atoms with E-state index < -0.39 is 22.5 Å². The highest BCUT2D eigenvalue weighted by molar-refractivity contribution is 5.97. The molecule has 3 aromatic rings. The summed E-state index contributed by atoms with van der Waals surface area (Å²) in [7, 11) is 5.29. The highest BCUT2D eigenvalue weighted by atomic mass is 16.6. The molecule has 0 bridgehead atoms. The Bertz CT molecular complexity index is 1250. The van der Waals surface area contributed by atoms with Crippen LogP contribution in [0.5, 0.6) is 11.5 Å². The number of benzene rings is 2. The lowest BCUT2D eigenvalue weighted by Crippen LogP contribution is -2.09. The Kier molecular flexibility index (Phi) is 7.61. The van der Waals surface area contributed by atoms with Crippen molar-refractivity contribution >= 4 is 40.6 Å². The van der Waals surface area contributed by atoms with E-state index in [9.17, 15) is 19.7 Å². The van der Waals surface area contributed by atoms with Crippen molar-refractivity contribution in [3.8, 4) is 11.5 Å². The van der Waals surface area contributed by atoms with E-state index in [0.29, 0.717) is 17.2 Å². The largest absolute Gasteiger partial charge is 0.497 e. The summed E-state index contributed by atoms with van der Waals surface area (Å²) in [6, 6.07) is 8.85. The summed E-state index contributed by atoms with van der Waals surface area (Å²) < 4.78 is 19.9. The first-order valence-electron chi connectivity index (χ1n) is 9.88. The molecular formula is C22H21N5O8. The van der Waals surface area contributed by atoms with Gasteiger partial charge in [-0.15, -0.1) is 0 Å². The molecule has 0 saturated carbocycles. The lowest BCUT2D eigenvalue weighted by atomic mass is 10.1. The van der Waals surface area contributed by atoms with Crippen molar-refractivity contribution in [3.63, 3.8) is 0 Å². The van der Waals surface area contributed by atoms with Gasteiger partial charge in [0, 0.05) is 11.8 Å². The van der Waals surface area contributed by atoms with Gasteiger partial charge in [0.15, 0.2) is 0 Å². The van der Waals surface area contributed by atoms with Crippen LogP contribution in [0.3, 0.4) is 0 Å². The molecule has 0 atom stereocenters. The normalized spacial score (nSPS) is 10.2. The zero-order chi connectivity index (χ0) is 25.5. The van der Waals surface area contributed by atoms with Crippen LogP contribution in [0.1, 0.15) is 20.7 Å². The number of hydrogen-bond donors (Lipinski definition) is 2. The molecule has 35 heavy (non-hydrogen) atoms. The van der Waals surface area contributed by atoms with Crippen molar-refractivity contribution in [2.45, 2.75) is 0 Å². The summed E-state index contributed by atoms with van der Waals surface area (Å²) in [4.78, 5) is 43.4. The predicted octanol–water partition coefficient (Wildman–Crippen LogP) is 3.46. The van der Waals surface area contributed by atoms with E-state index in [1.165, 1.54) is 46.6 Å². The number of methoxy groups -OCH3 is 4. The number of nitrogens with one attached hydrogen (secondary N) is 2. The molecular weight excluding hydrogens is 462 g/mol. The van der Waals surface area contributed by atoms with Crippen LogP contribution in [0, 0.1) is 10.1 Å². The summed E-state index contributed by atoms with van der Waals surface area (Å²) in [5.41, 5.74) is 0.0592. The van der Waals surface area contributed by atoms with Gasteiger partial charge in [-0.2, -0.15) is 0 Å². The minimum Gasteiger partial charge on any atom is -0.497 e. The topological polar surface area (TPSA) is 164 Å². The number of nitrogens with zero attached hydrogens (tertiary/aromatic N) is 3. The highest BCUT2D eigenvalue weighted by Gasteiger charge is 2.25. The van der Waals surface area contributed by atoms with Crippen LogP contribution < -0.4 is 20.1 Å². The lowest BCUT2D eigenvalue weighted by Gasteiger charge is -2.14. The van der Waals surface area contributed by atoms with Crippen molar-refractivity contribution in [1.29, 1.82) is 0 Å². The van der Waals surface area contributed by atoms with Gasteiger partial charge in [-0.3, -0.25) is 10.1 Å². The molecule has 13 nitrogen and oxygen atoms in total. The monoisotopic (exact) mass is 483 g/mol. The number of esters is 2. The quantitative estimate of drug-likeness (QED) is 0.259. The second-order valence-electron chi connectivity index (χ2n) is 6.78. The van der Waals surface area contributed by atoms with E-state index in [2.05, 4.69) is 20.6 Å². The molecule has 0 amide bonds. The molecule has 0 aliphatic heterocycles. The third-order valence-corrected chi connectivity index (χ3v) is 4.70. The number of carbonyl (C=O) groups excluding carboxylic acids is 2. The van der Waals surface area contributed by atoms with Crippen molar-refractivity contribution in [3.05, 3.63) is 64.0 Å². The maximum Gasteiger partial charge on any atom is 0.353 e. The maximum atomic E-state index is 12.1. The fourth-order valence-electron chi connectivity index (χ4n) is 3.08. The van der Waals surface area contributed by atoms with Gasteiger partial charge in [0.1, 0.15) is 17.8 Å². The number of carbonyl (C=O) groups is 2. The van der Waals surface area contributed by atoms with E-state index in [4.69, 9.17) is 18.9 Å². The SMILES string of the molecule is COC(=O)c1cc(Nc2ncnc(Nc3cc(OC)ccc3OC)c2[N+](=O)[O-])cc(C(=O)OC)c1. The number of hydrogen-bond acceptors (Lipinski definition) is 12. The van der Waals surface area contributed by atoms with Crippen molar-refractivity contribution in [2.24, 2.45) is 0 Å². The highest BCUT2D eigenvalue weighted by Crippen LogP contribution is 2.37. The summed E-state index contributed by atoms with van der Waals surface area (Å²) >= 11 is 0. The average molecular weight is 483 g/mol. The summed E-state index contributed by atoms with van der Waals surface area (Å²) in [6.07, 6.45) is 1.11. The van der Waals surface area contributed by atoms with Gasteiger partial charge in [0.2, 0.25) is 11.6 Å². The Morgan fingerprint density at radius 3 is 1.97 bits per heavy atom. The second-order valence-corrected chi connectivity index (χ2v) is 6.78. The fraction of sp³-hybridized carbons (Fsp3) is 0.182. The zero-order valence-corrected chi connectivity index (χ0v) is 19.1. The fourth-order valence-corrected chi connectivity index (χ4v) is 3.08. The smallest absolute Gasteiger partial charge is 0.353 e. The Morgan fingerprint density at radius 1 is 0.857 bits per heavy atom. The van der Waals surface area contributed by atoms with Crippen LogP contribution in [0.15, 0.2) is 42.7 Å². The van der Waals surface area contributed by atoms with E-state index in [1.807, 2.05) is 0 Å². The summed E-state index contributed by atoms with van der Waals surface area (Å²) in [5.74, 6) is -0.907. The molecule has 0 unspecified atom stereocenters. The van der Waals surface area contributed by atoms with Crippen LogP contribution >= 0.6 is 0 Å². The first kappa shape index (κ1) is 24.7. The van der Waals surface area contributed by atoms with Crippen LogP contribution in [-0.4, -0.2) is 55.3 Å². The standard InChI is InChI=1S/C22H21N5O8/c1-32-15-5-6-17(33-2)16(10-15)26-20-18(27(30)31)19(23-11-24-20)25-14-8-12(21(28)34-3)7-13(9-14)22(29)35-4/h5-11H,1-4H3,(H2,23,24,25,26). The molecule has 0 saturated heterocycles. The van der Waals surface area contributed by atoms with Gasteiger partial charge in [-0.25, -0.2) is 19.6 Å². The number of nitro groups is 1. The van der Waals surface area contributed by atoms with Crippen LogP contribution in [0.2, 0.25) is 0 Å². The predicted molar refractivity (Wildman–Crippen MR) is 124 cm³/mol. The van der Waals surface area contributed by atoms with E-state index >= 15 is 0 Å². The minimum atomic E-state index is -0.719. The van der Waals surface area contributed by atoms with Crippen molar-refractivity contribution < 1.29 is 33.5 Å². The van der Waals surface area contributed by atoms with Crippen molar-refractivity contribution in [2.75, 3.05) is 39.1 Å². The molecule has 2 N–H and O–H groups in total. The van der Waals surface area contributed by atoms with Crippen LogP contribution in [0.25, 0.3) is 0 Å². The number of aromatic nitrogens is 2. The summed E-state index contributed by atoms with van der Waals surface area (Å²) in [6.45, 7) is 0. The Morgan fingerprint density at radius 2 is 1.46 bits per heavy atom. The number of anilines is 4. The molecule has 182 valence electrons. The molecule has 3 rings (SSSR count). The van der Waals surface area contributed by atoms with Crippen LogP contribution in [0.4, 0.5) is 28.7 Å². The molecule has 0 radical (unpaired) electrons. The first-order chi connectivity index (χ1) is 16.8. The molecule has 0 aliphatic carbocycles. The molecule has 1 aromatic heterocycles. The van der Waals surface area contributed by atoms with Crippen LogP contribution in [-0.2, 0) is 9.47 Å². The number of rotatable bonds is 9. The zero-order valence-electron chi connectivity index (χ0n) is 19.1.